The highest BCUT2D eigenvalue weighted by Crippen LogP contribution is 2.41. The van der Waals surface area contributed by atoms with Crippen LogP contribution in [0.15, 0.2) is 24.5 Å². The number of ether oxygens (including phenoxy) is 2. The lowest BCUT2D eigenvalue weighted by molar-refractivity contribution is -0.168. The van der Waals surface area contributed by atoms with E-state index in [1.807, 2.05) is 0 Å². The SMILES string of the molecule is COCC(=O)N1CC2(C1)OCC[C@@H]2CCNC(=O)c1ccncc1. The van der Waals surface area contributed by atoms with Crippen molar-refractivity contribution in [1.29, 1.82) is 0 Å². The van der Waals surface area contributed by atoms with Gasteiger partial charge in [0.1, 0.15) is 12.2 Å². The van der Waals surface area contributed by atoms with Gasteiger partial charge in [0.15, 0.2) is 0 Å². The van der Waals surface area contributed by atoms with Gasteiger partial charge >= 0.3 is 0 Å². The van der Waals surface area contributed by atoms with Gasteiger partial charge < -0.3 is 19.7 Å². The molecule has 2 aliphatic heterocycles. The van der Waals surface area contributed by atoms with Gasteiger partial charge in [-0.3, -0.25) is 14.6 Å². The molecule has 2 aliphatic rings. The van der Waals surface area contributed by atoms with Crippen LogP contribution in [0.5, 0.6) is 0 Å². The Hall–Kier alpha value is -1.99. The number of nitrogens with one attached hydrogen (secondary N) is 1. The Morgan fingerprint density at radius 3 is 2.88 bits per heavy atom. The molecule has 0 radical (unpaired) electrons. The summed E-state index contributed by atoms with van der Waals surface area (Å²) in [5, 5.41) is 2.94. The van der Waals surface area contributed by atoms with Gasteiger partial charge in [-0.2, -0.15) is 0 Å². The number of rotatable bonds is 6. The highest BCUT2D eigenvalue weighted by atomic mass is 16.5. The minimum atomic E-state index is -0.231. The molecule has 130 valence electrons. The van der Waals surface area contributed by atoms with E-state index in [2.05, 4.69) is 10.3 Å². The molecule has 0 aromatic carbocycles. The fourth-order valence-electron chi connectivity index (χ4n) is 3.50. The molecule has 1 aromatic heterocycles. The summed E-state index contributed by atoms with van der Waals surface area (Å²) in [4.78, 5) is 29.5. The predicted molar refractivity (Wildman–Crippen MR) is 86.4 cm³/mol. The summed E-state index contributed by atoms with van der Waals surface area (Å²) in [6, 6.07) is 3.39. The molecule has 24 heavy (non-hydrogen) atoms. The molecule has 0 unspecified atom stereocenters. The molecule has 1 spiro atoms. The molecule has 3 rings (SSSR count). The van der Waals surface area contributed by atoms with Crippen LogP contribution in [0.25, 0.3) is 0 Å². The largest absolute Gasteiger partial charge is 0.375 e. The van der Waals surface area contributed by atoms with Crippen LogP contribution in [0.4, 0.5) is 0 Å². The number of carbonyl (C=O) groups is 2. The Morgan fingerprint density at radius 1 is 1.42 bits per heavy atom. The van der Waals surface area contributed by atoms with Crippen LogP contribution in [-0.4, -0.2) is 67.3 Å². The maximum Gasteiger partial charge on any atom is 0.251 e. The van der Waals surface area contributed by atoms with Gasteiger partial charge in [0.05, 0.1) is 13.1 Å². The molecule has 2 fully saturated rings. The second-order valence-corrected chi connectivity index (χ2v) is 6.36. The molecule has 7 heteroatoms. The number of pyridine rings is 1. The summed E-state index contributed by atoms with van der Waals surface area (Å²) < 4.78 is 10.8. The molecule has 0 aliphatic carbocycles. The lowest BCUT2D eigenvalue weighted by Gasteiger charge is -2.50. The number of hydrogen-bond donors (Lipinski definition) is 1. The minimum absolute atomic E-state index is 0.00312. The zero-order valence-corrected chi connectivity index (χ0v) is 13.9. The first-order valence-corrected chi connectivity index (χ1v) is 8.23. The molecule has 7 nitrogen and oxygen atoms in total. The topological polar surface area (TPSA) is 80.8 Å². The second-order valence-electron chi connectivity index (χ2n) is 6.36. The Bertz CT molecular complexity index is 587. The summed E-state index contributed by atoms with van der Waals surface area (Å²) in [6.45, 7) is 2.68. The van der Waals surface area contributed by atoms with E-state index in [1.54, 1.807) is 29.4 Å². The van der Waals surface area contributed by atoms with E-state index in [-0.39, 0.29) is 24.0 Å². The summed E-state index contributed by atoms with van der Waals surface area (Å²) >= 11 is 0. The molecule has 3 heterocycles. The summed E-state index contributed by atoms with van der Waals surface area (Å²) in [5.41, 5.74) is 0.382. The fraction of sp³-hybridized carbons (Fsp3) is 0.588. The number of methoxy groups -OCH3 is 1. The predicted octanol–water partition coefficient (Wildman–Crippen LogP) is 0.465. The molecule has 2 saturated heterocycles. The van der Waals surface area contributed by atoms with E-state index in [9.17, 15) is 9.59 Å². The lowest BCUT2D eigenvalue weighted by Crippen LogP contribution is -2.66. The van der Waals surface area contributed by atoms with Crippen LogP contribution >= 0.6 is 0 Å². The molecule has 1 aromatic rings. The van der Waals surface area contributed by atoms with Crippen LogP contribution in [0.1, 0.15) is 23.2 Å². The summed E-state index contributed by atoms with van der Waals surface area (Å²) in [7, 11) is 1.52. The summed E-state index contributed by atoms with van der Waals surface area (Å²) in [5.74, 6) is 0.279. The van der Waals surface area contributed by atoms with Crippen molar-refractivity contribution in [2.45, 2.75) is 18.4 Å². The molecule has 0 saturated carbocycles. The van der Waals surface area contributed by atoms with Crippen molar-refractivity contribution in [3.63, 3.8) is 0 Å². The van der Waals surface area contributed by atoms with E-state index in [0.29, 0.717) is 31.1 Å². The molecule has 0 bridgehead atoms. The number of carbonyl (C=O) groups excluding carboxylic acids is 2. The van der Waals surface area contributed by atoms with Gasteiger partial charge in [0, 0.05) is 38.2 Å². The molecule has 1 atom stereocenters. The van der Waals surface area contributed by atoms with Crippen LogP contribution < -0.4 is 5.32 Å². The maximum atomic E-state index is 12.0. The summed E-state index contributed by atoms with van der Waals surface area (Å²) in [6.07, 6.45) is 5.03. The van der Waals surface area contributed by atoms with Gasteiger partial charge in [-0.1, -0.05) is 0 Å². The standard InChI is InChI=1S/C17H23N3O4/c1-23-10-15(21)20-11-17(12-20)14(5-9-24-17)4-8-19-16(22)13-2-6-18-7-3-13/h2-3,6-7,14H,4-5,8-12H2,1H3,(H,19,22)/t14-/m0/s1. The number of likely N-dealkylation sites (tertiary alicyclic amines) is 1. The van der Waals surface area contributed by atoms with E-state index in [1.165, 1.54) is 7.11 Å². The van der Waals surface area contributed by atoms with Gasteiger partial charge in [0.25, 0.3) is 5.91 Å². The van der Waals surface area contributed by atoms with E-state index >= 15 is 0 Å². The van der Waals surface area contributed by atoms with Crippen LogP contribution in [-0.2, 0) is 14.3 Å². The van der Waals surface area contributed by atoms with E-state index in [4.69, 9.17) is 9.47 Å². The first kappa shape index (κ1) is 16.9. The van der Waals surface area contributed by atoms with Crippen molar-refractivity contribution >= 4 is 11.8 Å². The highest BCUT2D eigenvalue weighted by molar-refractivity contribution is 5.93. The Labute approximate surface area is 141 Å². The molecule has 2 amide bonds. The number of aromatic nitrogens is 1. The minimum Gasteiger partial charge on any atom is -0.375 e. The van der Waals surface area contributed by atoms with Crippen molar-refractivity contribution in [2.24, 2.45) is 5.92 Å². The van der Waals surface area contributed by atoms with Crippen molar-refractivity contribution in [3.8, 4) is 0 Å². The molecular formula is C17H23N3O4. The van der Waals surface area contributed by atoms with E-state index < -0.39 is 0 Å². The fourth-order valence-corrected chi connectivity index (χ4v) is 3.50. The first-order valence-electron chi connectivity index (χ1n) is 8.23. The monoisotopic (exact) mass is 333 g/mol. The van der Waals surface area contributed by atoms with Crippen LogP contribution in [0.2, 0.25) is 0 Å². The van der Waals surface area contributed by atoms with E-state index in [0.717, 1.165) is 19.4 Å². The van der Waals surface area contributed by atoms with Crippen molar-refractivity contribution in [2.75, 3.05) is 40.0 Å². The number of nitrogens with zero attached hydrogens (tertiary/aromatic N) is 2. The Balaban J connectivity index is 1.46. The van der Waals surface area contributed by atoms with Gasteiger partial charge in [-0.05, 0) is 30.9 Å². The Kier molecular flexibility index (Phi) is 5.11. The first-order chi connectivity index (χ1) is 11.6. The quantitative estimate of drug-likeness (QED) is 0.818. The maximum absolute atomic E-state index is 12.0. The number of hydrogen-bond acceptors (Lipinski definition) is 5. The lowest BCUT2D eigenvalue weighted by atomic mass is 9.79. The van der Waals surface area contributed by atoms with Crippen LogP contribution in [0.3, 0.4) is 0 Å². The van der Waals surface area contributed by atoms with Gasteiger partial charge in [-0.25, -0.2) is 0 Å². The zero-order chi connectivity index (χ0) is 17.0. The third kappa shape index (κ3) is 3.42. The zero-order valence-electron chi connectivity index (χ0n) is 13.9. The van der Waals surface area contributed by atoms with Gasteiger partial charge in [0.2, 0.25) is 5.91 Å². The van der Waals surface area contributed by atoms with Crippen molar-refractivity contribution < 1.29 is 19.1 Å². The Morgan fingerprint density at radius 2 is 2.17 bits per heavy atom. The highest BCUT2D eigenvalue weighted by Gasteiger charge is 2.53. The van der Waals surface area contributed by atoms with Crippen molar-refractivity contribution in [3.05, 3.63) is 30.1 Å². The van der Waals surface area contributed by atoms with Gasteiger partial charge in [-0.15, -0.1) is 0 Å². The van der Waals surface area contributed by atoms with Crippen LogP contribution in [0, 0.1) is 5.92 Å². The average molecular weight is 333 g/mol. The molecule has 1 N–H and O–H groups in total. The number of amides is 2. The second kappa shape index (κ2) is 7.27. The van der Waals surface area contributed by atoms with Crippen molar-refractivity contribution in [1.82, 2.24) is 15.2 Å². The average Bonchev–Trinajstić information content (AvgIpc) is 2.98. The normalized spacial score (nSPS) is 21.5. The third-order valence-electron chi connectivity index (χ3n) is 4.86. The molecular weight excluding hydrogens is 310 g/mol. The smallest absolute Gasteiger partial charge is 0.251 e. The third-order valence-corrected chi connectivity index (χ3v) is 4.86.